The average Bonchev–Trinajstić information content (AvgIpc) is 3.55. The van der Waals surface area contributed by atoms with Gasteiger partial charge in [0.05, 0.1) is 72.7 Å². The molecule has 1 aromatic rings. The fourth-order valence-corrected chi connectivity index (χ4v) is 8.59. The van der Waals surface area contributed by atoms with E-state index in [0.29, 0.717) is 19.6 Å². The van der Waals surface area contributed by atoms with E-state index in [1.807, 2.05) is 12.2 Å². The zero-order valence-electron chi connectivity index (χ0n) is 27.4. The van der Waals surface area contributed by atoms with Crippen molar-refractivity contribution in [3.63, 3.8) is 0 Å². The second-order valence-corrected chi connectivity index (χ2v) is 14.9. The SMILES string of the molecule is C=CCOC/C=C/C1CC(=C)[C@H](CC[C@H]2C[C@@H](C)C(=C)C(C[C@@H]3OC(CC(O)CN)[C@H](OC)C3CS(=O)(=O)c3ccccc3)O2)O1. The molecule has 4 rings (SSSR count). The number of aliphatic hydroxyl groups is 1. The molecule has 5 unspecified atom stereocenters. The van der Waals surface area contributed by atoms with Gasteiger partial charge in [0.25, 0.3) is 0 Å². The first-order chi connectivity index (χ1) is 22.1. The summed E-state index contributed by atoms with van der Waals surface area (Å²) in [6, 6.07) is 8.44. The molecule has 0 amide bonds. The molecule has 0 spiro atoms. The number of hydrogen-bond acceptors (Lipinski definition) is 9. The van der Waals surface area contributed by atoms with E-state index < -0.39 is 40.2 Å². The van der Waals surface area contributed by atoms with Gasteiger partial charge in [-0.1, -0.05) is 56.5 Å². The van der Waals surface area contributed by atoms with E-state index in [0.717, 1.165) is 36.8 Å². The molecule has 46 heavy (non-hydrogen) atoms. The number of benzene rings is 1. The molecular formula is C36H53NO8S. The molecule has 0 bridgehead atoms. The summed E-state index contributed by atoms with van der Waals surface area (Å²) in [7, 11) is -2.08. The van der Waals surface area contributed by atoms with E-state index in [2.05, 4.69) is 26.7 Å². The molecule has 3 saturated heterocycles. The molecule has 3 aliphatic rings. The standard InChI is InChI=1S/C36H53NO8S/c1-6-16-42-17-10-11-28-19-25(3)32(43-28)15-14-29-18-24(2)26(4)33(44-29)21-34-31(23-46(39,40)30-12-8-7-9-13-30)36(41-5)35(45-34)20-27(38)22-37/h6-13,24,27-29,31-36,38H,1,3-4,14-23,37H2,2,5H3/b11-10+/t24-,27?,28?,29+,31?,32+,33?,34+,35?,36-/m1/s1. The Kier molecular flexibility index (Phi) is 13.8. The summed E-state index contributed by atoms with van der Waals surface area (Å²) >= 11 is 0. The predicted molar refractivity (Wildman–Crippen MR) is 179 cm³/mol. The van der Waals surface area contributed by atoms with Gasteiger partial charge in [0.1, 0.15) is 0 Å². The minimum atomic E-state index is -3.64. The maximum absolute atomic E-state index is 13.5. The summed E-state index contributed by atoms with van der Waals surface area (Å²) in [4.78, 5) is 0.260. The highest BCUT2D eigenvalue weighted by Gasteiger charge is 2.48. The molecule has 0 saturated carbocycles. The van der Waals surface area contributed by atoms with Crippen LogP contribution in [0.15, 0.2) is 84.3 Å². The van der Waals surface area contributed by atoms with E-state index in [4.69, 9.17) is 29.4 Å². The first-order valence-corrected chi connectivity index (χ1v) is 18.1. The first-order valence-electron chi connectivity index (χ1n) is 16.4. The van der Waals surface area contributed by atoms with Gasteiger partial charge < -0.3 is 34.5 Å². The Morgan fingerprint density at radius 3 is 2.54 bits per heavy atom. The molecule has 10 heteroatoms. The highest BCUT2D eigenvalue weighted by molar-refractivity contribution is 7.91. The molecule has 256 valence electrons. The van der Waals surface area contributed by atoms with Crippen LogP contribution in [0.25, 0.3) is 0 Å². The lowest BCUT2D eigenvalue weighted by Crippen LogP contribution is -2.40. The summed E-state index contributed by atoms with van der Waals surface area (Å²) in [6.07, 6.45) is 7.02. The summed E-state index contributed by atoms with van der Waals surface area (Å²) in [5, 5.41) is 10.4. The van der Waals surface area contributed by atoms with Crippen molar-refractivity contribution in [3.05, 3.63) is 79.4 Å². The monoisotopic (exact) mass is 659 g/mol. The van der Waals surface area contributed by atoms with Gasteiger partial charge in [-0.25, -0.2) is 8.42 Å². The predicted octanol–water partition coefficient (Wildman–Crippen LogP) is 4.56. The van der Waals surface area contributed by atoms with Crippen LogP contribution in [0.1, 0.15) is 45.4 Å². The Hall–Kier alpha value is -2.15. The Balaban J connectivity index is 1.42. The van der Waals surface area contributed by atoms with Crippen LogP contribution in [0, 0.1) is 11.8 Å². The Morgan fingerprint density at radius 1 is 1.09 bits per heavy atom. The first kappa shape index (κ1) is 36.7. The Morgan fingerprint density at radius 2 is 1.85 bits per heavy atom. The number of nitrogens with two attached hydrogens (primary N) is 1. The largest absolute Gasteiger partial charge is 0.392 e. The maximum atomic E-state index is 13.5. The van der Waals surface area contributed by atoms with Crippen molar-refractivity contribution < 1.29 is 37.2 Å². The van der Waals surface area contributed by atoms with Crippen LogP contribution in [0.3, 0.4) is 0 Å². The Labute approximate surface area is 275 Å². The van der Waals surface area contributed by atoms with Gasteiger partial charge in [0.2, 0.25) is 0 Å². The molecule has 0 aliphatic carbocycles. The van der Waals surface area contributed by atoms with Crippen LogP contribution in [0.4, 0.5) is 0 Å². The Bertz CT molecular complexity index is 1280. The lowest BCUT2D eigenvalue weighted by molar-refractivity contribution is -0.0766. The average molecular weight is 660 g/mol. The molecule has 0 radical (unpaired) electrons. The molecule has 3 heterocycles. The normalized spacial score (nSPS) is 32.7. The molecule has 1 aromatic carbocycles. The van der Waals surface area contributed by atoms with E-state index in [1.54, 1.807) is 43.5 Å². The van der Waals surface area contributed by atoms with Gasteiger partial charge in [-0.15, -0.1) is 6.58 Å². The second kappa shape index (κ2) is 17.3. The van der Waals surface area contributed by atoms with E-state index in [9.17, 15) is 13.5 Å². The molecule has 3 fully saturated rings. The van der Waals surface area contributed by atoms with E-state index in [1.165, 1.54) is 0 Å². The maximum Gasteiger partial charge on any atom is 0.178 e. The number of aliphatic hydroxyl groups excluding tert-OH is 1. The third-order valence-corrected chi connectivity index (χ3v) is 11.3. The van der Waals surface area contributed by atoms with Crippen LogP contribution >= 0.6 is 0 Å². The van der Waals surface area contributed by atoms with Crippen LogP contribution in [0.2, 0.25) is 0 Å². The molecule has 10 atom stereocenters. The number of sulfone groups is 1. The molecule has 0 aromatic heterocycles. The van der Waals surface area contributed by atoms with Crippen molar-refractivity contribution in [1.29, 1.82) is 0 Å². The van der Waals surface area contributed by atoms with Gasteiger partial charge in [0, 0.05) is 38.8 Å². The summed E-state index contributed by atoms with van der Waals surface area (Å²) < 4.78 is 57.8. The number of ether oxygens (including phenoxy) is 5. The summed E-state index contributed by atoms with van der Waals surface area (Å²) in [5.74, 6) is -0.395. The second-order valence-electron chi connectivity index (χ2n) is 12.8. The number of hydrogen-bond donors (Lipinski definition) is 2. The van der Waals surface area contributed by atoms with E-state index >= 15 is 0 Å². The zero-order chi connectivity index (χ0) is 33.3. The van der Waals surface area contributed by atoms with Crippen molar-refractivity contribution in [2.75, 3.05) is 32.6 Å². The van der Waals surface area contributed by atoms with E-state index in [-0.39, 0.29) is 53.9 Å². The van der Waals surface area contributed by atoms with Crippen LogP contribution in [-0.4, -0.2) is 95.0 Å². The molecule has 3 aliphatic heterocycles. The lowest BCUT2D eigenvalue weighted by atomic mass is 9.83. The fraction of sp³-hybridized carbons (Fsp3) is 0.611. The number of methoxy groups -OCH3 is 1. The third-order valence-electron chi connectivity index (χ3n) is 9.45. The topological polar surface area (TPSA) is 127 Å². The number of rotatable bonds is 17. The fourth-order valence-electron chi connectivity index (χ4n) is 6.92. The van der Waals surface area contributed by atoms with Gasteiger partial charge in [-0.3, -0.25) is 0 Å². The lowest BCUT2D eigenvalue weighted by Gasteiger charge is -2.38. The van der Waals surface area contributed by atoms with Crippen molar-refractivity contribution in [3.8, 4) is 0 Å². The summed E-state index contributed by atoms with van der Waals surface area (Å²) in [5.41, 5.74) is 7.78. The molecular weight excluding hydrogens is 606 g/mol. The van der Waals surface area contributed by atoms with Gasteiger partial charge in [-0.2, -0.15) is 0 Å². The van der Waals surface area contributed by atoms with Crippen LogP contribution < -0.4 is 5.73 Å². The van der Waals surface area contributed by atoms with Gasteiger partial charge >= 0.3 is 0 Å². The van der Waals surface area contributed by atoms with Crippen molar-refractivity contribution in [2.24, 2.45) is 17.6 Å². The highest BCUT2D eigenvalue weighted by atomic mass is 32.2. The quantitative estimate of drug-likeness (QED) is 0.183. The van der Waals surface area contributed by atoms with Crippen LogP contribution in [-0.2, 0) is 33.5 Å². The van der Waals surface area contributed by atoms with Crippen molar-refractivity contribution in [1.82, 2.24) is 0 Å². The van der Waals surface area contributed by atoms with Gasteiger partial charge in [0.15, 0.2) is 9.84 Å². The highest BCUT2D eigenvalue weighted by Crippen LogP contribution is 2.41. The molecule has 9 nitrogen and oxygen atoms in total. The smallest absolute Gasteiger partial charge is 0.178 e. The third kappa shape index (κ3) is 9.70. The zero-order valence-corrected chi connectivity index (χ0v) is 28.2. The van der Waals surface area contributed by atoms with Crippen molar-refractivity contribution in [2.45, 2.75) is 99.2 Å². The van der Waals surface area contributed by atoms with Crippen molar-refractivity contribution >= 4 is 9.84 Å². The minimum absolute atomic E-state index is 0.00775. The van der Waals surface area contributed by atoms with Gasteiger partial charge in [-0.05, 0) is 48.5 Å². The van der Waals surface area contributed by atoms with Crippen LogP contribution in [0.5, 0.6) is 0 Å². The minimum Gasteiger partial charge on any atom is -0.392 e. The summed E-state index contributed by atoms with van der Waals surface area (Å²) in [6.45, 7) is 15.6. The molecule has 3 N–H and O–H groups in total.